The lowest BCUT2D eigenvalue weighted by molar-refractivity contribution is -0.116. The van der Waals surface area contributed by atoms with Gasteiger partial charge in [0.25, 0.3) is 0 Å². The maximum absolute atomic E-state index is 11.8. The number of aliphatic hydroxyl groups is 1. The third-order valence-electron chi connectivity index (χ3n) is 5.46. The molecule has 4 N–H and O–H groups in total. The molecular weight excluding hydrogens is 454 g/mol. The Kier molecular flexibility index (Phi) is 9.56. The second kappa shape index (κ2) is 12.8. The third-order valence-corrected chi connectivity index (χ3v) is 5.46. The van der Waals surface area contributed by atoms with Crippen LogP contribution < -0.4 is 30.2 Å². The summed E-state index contributed by atoms with van der Waals surface area (Å²) < 4.78 is 21.4. The highest BCUT2D eigenvalue weighted by Gasteiger charge is 2.21. The zero-order valence-corrected chi connectivity index (χ0v) is 20.3. The van der Waals surface area contributed by atoms with Crippen LogP contribution in [-0.2, 0) is 22.4 Å². The van der Waals surface area contributed by atoms with E-state index in [-0.39, 0.29) is 19.1 Å². The Morgan fingerprint density at radius 2 is 1.91 bits per heavy atom. The second-order valence-corrected chi connectivity index (χ2v) is 8.00. The fourth-order valence-electron chi connectivity index (χ4n) is 3.73. The minimum atomic E-state index is -0.754. The van der Waals surface area contributed by atoms with Crippen molar-refractivity contribution in [2.45, 2.75) is 32.3 Å². The molecule has 2 amide bonds. The van der Waals surface area contributed by atoms with Gasteiger partial charge in [-0.1, -0.05) is 6.07 Å². The zero-order valence-electron chi connectivity index (χ0n) is 20.3. The fraction of sp³-hybridized carbons (Fsp3) is 0.440. The molecule has 2 aromatic rings. The minimum Gasteiger partial charge on any atom is -0.493 e. The van der Waals surface area contributed by atoms with Gasteiger partial charge in [-0.05, 0) is 50.1 Å². The lowest BCUT2D eigenvalue weighted by Crippen LogP contribution is -2.32. The first kappa shape index (κ1) is 26.1. The van der Waals surface area contributed by atoms with Gasteiger partial charge >= 0.3 is 6.09 Å². The van der Waals surface area contributed by atoms with Crippen LogP contribution in [0.4, 0.5) is 16.2 Å². The second-order valence-electron chi connectivity index (χ2n) is 8.00. The molecule has 1 aliphatic heterocycles. The van der Waals surface area contributed by atoms with Gasteiger partial charge in [-0.2, -0.15) is 0 Å². The number of anilines is 2. The van der Waals surface area contributed by atoms with E-state index in [0.29, 0.717) is 54.6 Å². The van der Waals surface area contributed by atoms with Crippen molar-refractivity contribution in [3.8, 4) is 17.2 Å². The molecule has 1 heterocycles. The highest BCUT2D eigenvalue weighted by atomic mass is 16.5. The van der Waals surface area contributed by atoms with Crippen LogP contribution in [0.1, 0.15) is 24.5 Å². The molecule has 1 aliphatic rings. The van der Waals surface area contributed by atoms with Gasteiger partial charge in [0.05, 0.1) is 20.8 Å². The average molecular weight is 488 g/mol. The standard InChI is InChI=1S/C25H33N3O7/c1-4-34-25(31)27-17-12-20-19(6-8-24(30)28-20)22(13-17)35-15-18(29)14-26-10-9-16-5-7-21(32-2)23(11-16)33-3/h5,7,11-13,18,26,29H,4,6,8-10,14-15H2,1-3H3,(H,27,31)(H,28,30). The summed E-state index contributed by atoms with van der Waals surface area (Å²) in [7, 11) is 3.20. The number of carbonyl (C=O) groups excluding carboxylic acids is 2. The van der Waals surface area contributed by atoms with Crippen LogP contribution in [0.3, 0.4) is 0 Å². The van der Waals surface area contributed by atoms with Crippen LogP contribution in [0, 0.1) is 0 Å². The molecule has 0 bridgehead atoms. The summed E-state index contributed by atoms with van der Waals surface area (Å²) in [6.07, 6.45) is 0.252. The predicted molar refractivity (Wildman–Crippen MR) is 132 cm³/mol. The number of benzene rings is 2. The molecule has 2 aromatic carbocycles. The first-order valence-corrected chi connectivity index (χ1v) is 11.6. The van der Waals surface area contributed by atoms with E-state index in [4.69, 9.17) is 18.9 Å². The summed E-state index contributed by atoms with van der Waals surface area (Å²) >= 11 is 0. The van der Waals surface area contributed by atoms with Gasteiger partial charge < -0.3 is 34.7 Å². The van der Waals surface area contributed by atoms with Crippen molar-refractivity contribution in [1.82, 2.24) is 5.32 Å². The molecule has 3 rings (SSSR count). The van der Waals surface area contributed by atoms with Crippen LogP contribution >= 0.6 is 0 Å². The van der Waals surface area contributed by atoms with Crippen LogP contribution in [0.2, 0.25) is 0 Å². The van der Waals surface area contributed by atoms with Crippen molar-refractivity contribution >= 4 is 23.4 Å². The molecule has 10 heteroatoms. The van der Waals surface area contributed by atoms with E-state index in [1.165, 1.54) is 0 Å². The molecule has 0 radical (unpaired) electrons. The number of ether oxygens (including phenoxy) is 4. The Balaban J connectivity index is 1.53. The lowest BCUT2D eigenvalue weighted by atomic mass is 10.0. The van der Waals surface area contributed by atoms with Crippen LogP contribution in [0.25, 0.3) is 0 Å². The Labute approximate surface area is 204 Å². The van der Waals surface area contributed by atoms with Gasteiger partial charge in [0.1, 0.15) is 18.5 Å². The Morgan fingerprint density at radius 1 is 1.11 bits per heavy atom. The van der Waals surface area contributed by atoms with E-state index < -0.39 is 12.2 Å². The van der Waals surface area contributed by atoms with Crippen LogP contribution in [-0.4, -0.2) is 63.7 Å². The summed E-state index contributed by atoms with van der Waals surface area (Å²) in [6, 6.07) is 9.11. The predicted octanol–water partition coefficient (Wildman–Crippen LogP) is 2.73. The number of amides is 2. The number of hydrogen-bond acceptors (Lipinski definition) is 8. The highest BCUT2D eigenvalue weighted by molar-refractivity contribution is 5.96. The van der Waals surface area contributed by atoms with E-state index in [2.05, 4.69) is 16.0 Å². The maximum atomic E-state index is 11.8. The molecule has 190 valence electrons. The number of aliphatic hydroxyl groups excluding tert-OH is 1. The van der Waals surface area contributed by atoms with Gasteiger partial charge in [0.2, 0.25) is 5.91 Å². The van der Waals surface area contributed by atoms with Gasteiger partial charge in [0.15, 0.2) is 11.5 Å². The Hall–Kier alpha value is -3.50. The van der Waals surface area contributed by atoms with E-state index in [1.807, 2.05) is 18.2 Å². The SMILES string of the molecule is CCOC(=O)Nc1cc2c(c(OCC(O)CNCCc3ccc(OC)c(OC)c3)c1)CCC(=O)N2. The molecule has 0 saturated carbocycles. The van der Waals surface area contributed by atoms with E-state index >= 15 is 0 Å². The Bertz CT molecular complexity index is 1030. The van der Waals surface area contributed by atoms with E-state index in [9.17, 15) is 14.7 Å². The highest BCUT2D eigenvalue weighted by Crippen LogP contribution is 2.35. The molecule has 10 nitrogen and oxygen atoms in total. The number of nitrogens with one attached hydrogen (secondary N) is 3. The molecule has 1 unspecified atom stereocenters. The topological polar surface area (TPSA) is 127 Å². The number of methoxy groups -OCH3 is 2. The summed E-state index contributed by atoms with van der Waals surface area (Å²) in [5, 5.41) is 19.1. The molecule has 0 aliphatic carbocycles. The van der Waals surface area contributed by atoms with Gasteiger partial charge in [0, 0.05) is 36.0 Å². The fourth-order valence-corrected chi connectivity index (χ4v) is 3.73. The number of rotatable bonds is 12. The summed E-state index contributed by atoms with van der Waals surface area (Å²) in [5.41, 5.74) is 2.92. The maximum Gasteiger partial charge on any atom is 0.411 e. The molecule has 1 atom stereocenters. The molecule has 0 spiro atoms. The monoisotopic (exact) mass is 487 g/mol. The average Bonchev–Trinajstić information content (AvgIpc) is 2.84. The van der Waals surface area contributed by atoms with Crippen LogP contribution in [0.15, 0.2) is 30.3 Å². The van der Waals surface area contributed by atoms with Crippen molar-refractivity contribution in [3.05, 3.63) is 41.5 Å². The first-order valence-electron chi connectivity index (χ1n) is 11.6. The largest absolute Gasteiger partial charge is 0.493 e. The van der Waals surface area contributed by atoms with E-state index in [1.54, 1.807) is 33.3 Å². The zero-order chi connectivity index (χ0) is 25.2. The number of hydrogen-bond donors (Lipinski definition) is 4. The summed E-state index contributed by atoms with van der Waals surface area (Å²) in [5.74, 6) is 1.76. The molecular formula is C25H33N3O7. The smallest absolute Gasteiger partial charge is 0.411 e. The Morgan fingerprint density at radius 3 is 2.66 bits per heavy atom. The van der Waals surface area contributed by atoms with Crippen molar-refractivity contribution in [1.29, 1.82) is 0 Å². The summed E-state index contributed by atoms with van der Waals surface area (Å²) in [4.78, 5) is 23.6. The summed E-state index contributed by atoms with van der Waals surface area (Å²) in [6.45, 7) is 3.00. The molecule has 0 aromatic heterocycles. The van der Waals surface area contributed by atoms with Gasteiger partial charge in [-0.3, -0.25) is 10.1 Å². The van der Waals surface area contributed by atoms with Gasteiger partial charge in [-0.25, -0.2) is 4.79 Å². The molecule has 0 fully saturated rings. The van der Waals surface area contributed by atoms with Crippen molar-refractivity contribution in [2.75, 3.05) is 51.2 Å². The molecule has 35 heavy (non-hydrogen) atoms. The van der Waals surface area contributed by atoms with Crippen LogP contribution in [0.5, 0.6) is 17.2 Å². The van der Waals surface area contributed by atoms with Crippen molar-refractivity contribution in [3.63, 3.8) is 0 Å². The normalized spacial score (nSPS) is 13.3. The van der Waals surface area contributed by atoms with Gasteiger partial charge in [-0.15, -0.1) is 0 Å². The quantitative estimate of drug-likeness (QED) is 0.337. The van der Waals surface area contributed by atoms with Crippen molar-refractivity contribution in [2.24, 2.45) is 0 Å². The van der Waals surface area contributed by atoms with E-state index in [0.717, 1.165) is 17.5 Å². The first-order chi connectivity index (χ1) is 16.9. The third kappa shape index (κ3) is 7.49. The number of fused-ring (bicyclic) bond motifs is 1. The minimum absolute atomic E-state index is 0.0482. The number of carbonyl (C=O) groups is 2. The lowest BCUT2D eigenvalue weighted by Gasteiger charge is -2.22. The van der Waals surface area contributed by atoms with Crippen molar-refractivity contribution < 1.29 is 33.6 Å². The molecule has 0 saturated heterocycles.